The highest BCUT2D eigenvalue weighted by Gasteiger charge is 2.15. The lowest BCUT2D eigenvalue weighted by Gasteiger charge is -2.09. The largest absolute Gasteiger partial charge is 0.450 e. The van der Waals surface area contributed by atoms with Crippen molar-refractivity contribution in [1.29, 1.82) is 0 Å². The van der Waals surface area contributed by atoms with Gasteiger partial charge in [0.2, 0.25) is 5.76 Å². The molecular formula is C15H12BrNO5. The summed E-state index contributed by atoms with van der Waals surface area (Å²) >= 11 is 3.06. The van der Waals surface area contributed by atoms with E-state index in [4.69, 9.17) is 9.15 Å². The molecule has 22 heavy (non-hydrogen) atoms. The van der Waals surface area contributed by atoms with Crippen molar-refractivity contribution in [2.45, 2.75) is 6.92 Å². The predicted molar refractivity (Wildman–Crippen MR) is 81.8 cm³/mol. The fraction of sp³-hybridized carbons (Fsp3) is 0.133. The highest BCUT2D eigenvalue weighted by molar-refractivity contribution is 9.10. The third kappa shape index (κ3) is 4.05. The number of anilines is 1. The van der Waals surface area contributed by atoms with Gasteiger partial charge in [0.05, 0.1) is 5.69 Å². The van der Waals surface area contributed by atoms with Gasteiger partial charge in [-0.1, -0.05) is 12.1 Å². The normalized spacial score (nSPS) is 10.1. The van der Waals surface area contributed by atoms with E-state index in [1.54, 1.807) is 30.3 Å². The Balaban J connectivity index is 1.94. The third-order valence-corrected chi connectivity index (χ3v) is 3.12. The SMILES string of the molecule is CC(=O)c1ccccc1NC(=O)COC(=O)c1ccc(Br)o1. The van der Waals surface area contributed by atoms with E-state index < -0.39 is 18.5 Å². The molecule has 0 atom stereocenters. The van der Waals surface area contributed by atoms with Crippen LogP contribution in [-0.4, -0.2) is 24.3 Å². The molecule has 1 aromatic carbocycles. The van der Waals surface area contributed by atoms with Crippen LogP contribution in [0.5, 0.6) is 0 Å². The van der Waals surface area contributed by atoms with Gasteiger partial charge in [0.15, 0.2) is 17.1 Å². The number of nitrogens with one attached hydrogen (secondary N) is 1. The van der Waals surface area contributed by atoms with Crippen LogP contribution in [0.3, 0.4) is 0 Å². The van der Waals surface area contributed by atoms with Gasteiger partial charge < -0.3 is 14.5 Å². The van der Waals surface area contributed by atoms with Crippen LogP contribution in [0, 0.1) is 0 Å². The summed E-state index contributed by atoms with van der Waals surface area (Å²) in [6.07, 6.45) is 0. The first-order valence-electron chi connectivity index (χ1n) is 6.29. The first kappa shape index (κ1) is 16.0. The van der Waals surface area contributed by atoms with Crippen LogP contribution in [0.15, 0.2) is 45.5 Å². The molecule has 6 nitrogen and oxygen atoms in total. The first-order chi connectivity index (χ1) is 10.5. The Hall–Kier alpha value is -2.41. The molecule has 2 rings (SSSR count). The molecular weight excluding hydrogens is 354 g/mol. The summed E-state index contributed by atoms with van der Waals surface area (Å²) in [4.78, 5) is 34.9. The van der Waals surface area contributed by atoms with Gasteiger partial charge in [-0.25, -0.2) is 4.79 Å². The van der Waals surface area contributed by atoms with Gasteiger partial charge in [-0.3, -0.25) is 9.59 Å². The number of halogens is 1. The zero-order chi connectivity index (χ0) is 16.1. The summed E-state index contributed by atoms with van der Waals surface area (Å²) in [5.41, 5.74) is 0.758. The Labute approximate surface area is 134 Å². The Morgan fingerprint density at radius 2 is 1.91 bits per heavy atom. The van der Waals surface area contributed by atoms with Crippen LogP contribution >= 0.6 is 15.9 Å². The minimum atomic E-state index is -0.749. The third-order valence-electron chi connectivity index (χ3n) is 2.69. The Bertz CT molecular complexity index is 722. The minimum Gasteiger partial charge on any atom is -0.450 e. The lowest BCUT2D eigenvalue weighted by molar-refractivity contribution is -0.119. The number of esters is 1. The number of hydrogen-bond donors (Lipinski definition) is 1. The number of hydrogen-bond acceptors (Lipinski definition) is 5. The van der Waals surface area contributed by atoms with E-state index in [2.05, 4.69) is 21.2 Å². The number of ketones is 1. The monoisotopic (exact) mass is 365 g/mol. The van der Waals surface area contributed by atoms with E-state index in [0.717, 1.165) is 0 Å². The Morgan fingerprint density at radius 3 is 2.55 bits per heavy atom. The number of amides is 1. The topological polar surface area (TPSA) is 85.6 Å². The molecule has 0 unspecified atom stereocenters. The van der Waals surface area contributed by atoms with Crippen LogP contribution in [0.4, 0.5) is 5.69 Å². The van der Waals surface area contributed by atoms with Crippen LogP contribution in [0.1, 0.15) is 27.8 Å². The van der Waals surface area contributed by atoms with Crippen LogP contribution in [0.25, 0.3) is 0 Å². The summed E-state index contributed by atoms with van der Waals surface area (Å²) in [7, 11) is 0. The highest BCUT2D eigenvalue weighted by Crippen LogP contribution is 2.16. The summed E-state index contributed by atoms with van der Waals surface area (Å²) in [5.74, 6) is -1.48. The van der Waals surface area contributed by atoms with Crippen molar-refractivity contribution in [3.05, 3.63) is 52.4 Å². The van der Waals surface area contributed by atoms with Crippen molar-refractivity contribution in [1.82, 2.24) is 0 Å². The number of rotatable bonds is 5. The molecule has 0 spiro atoms. The lowest BCUT2D eigenvalue weighted by atomic mass is 10.1. The molecule has 7 heteroatoms. The van der Waals surface area contributed by atoms with E-state index >= 15 is 0 Å². The van der Waals surface area contributed by atoms with Gasteiger partial charge >= 0.3 is 5.97 Å². The van der Waals surface area contributed by atoms with Crippen LogP contribution < -0.4 is 5.32 Å². The second-order valence-corrected chi connectivity index (χ2v) is 5.11. The Kier molecular flexibility index (Phi) is 5.11. The molecule has 1 heterocycles. The molecule has 0 bridgehead atoms. The van der Waals surface area contributed by atoms with Gasteiger partial charge in [-0.05, 0) is 47.1 Å². The summed E-state index contributed by atoms with van der Waals surface area (Å²) in [6, 6.07) is 9.55. The van der Waals surface area contributed by atoms with E-state index in [0.29, 0.717) is 15.9 Å². The molecule has 1 aromatic heterocycles. The minimum absolute atomic E-state index is 0.0104. The lowest BCUT2D eigenvalue weighted by Crippen LogP contribution is -2.21. The standard InChI is InChI=1S/C15H12BrNO5/c1-9(18)10-4-2-3-5-11(10)17-14(19)8-21-15(20)12-6-7-13(16)22-12/h2-7H,8H2,1H3,(H,17,19). The van der Waals surface area contributed by atoms with Crippen LogP contribution in [-0.2, 0) is 9.53 Å². The average molecular weight is 366 g/mol. The molecule has 0 saturated carbocycles. The van der Waals surface area contributed by atoms with E-state index in [9.17, 15) is 14.4 Å². The number of benzene rings is 1. The maximum Gasteiger partial charge on any atom is 0.374 e. The fourth-order valence-corrected chi connectivity index (χ4v) is 2.02. The zero-order valence-electron chi connectivity index (χ0n) is 11.6. The number of carbonyl (C=O) groups excluding carboxylic acids is 3. The summed E-state index contributed by atoms with van der Waals surface area (Å²) in [6.45, 7) is 0.920. The van der Waals surface area contributed by atoms with Gasteiger partial charge in [0.25, 0.3) is 5.91 Å². The molecule has 0 aliphatic heterocycles. The number of carbonyl (C=O) groups is 3. The van der Waals surface area contributed by atoms with E-state index in [-0.39, 0.29) is 11.5 Å². The highest BCUT2D eigenvalue weighted by atomic mass is 79.9. The predicted octanol–water partition coefficient (Wildman–Crippen LogP) is 3.04. The van der Waals surface area contributed by atoms with Gasteiger partial charge in [0, 0.05) is 5.56 Å². The molecule has 0 fully saturated rings. The number of Topliss-reactive ketones (excluding diaryl/α,β-unsaturated/α-hetero) is 1. The van der Waals surface area contributed by atoms with Gasteiger partial charge in [-0.15, -0.1) is 0 Å². The number of furan rings is 1. The molecule has 0 aliphatic carbocycles. The number of para-hydroxylation sites is 1. The van der Waals surface area contributed by atoms with E-state index in [1.807, 2.05) is 0 Å². The average Bonchev–Trinajstić information content (AvgIpc) is 2.92. The van der Waals surface area contributed by atoms with Crippen molar-refractivity contribution in [3.63, 3.8) is 0 Å². The molecule has 1 N–H and O–H groups in total. The van der Waals surface area contributed by atoms with Crippen molar-refractivity contribution < 1.29 is 23.5 Å². The molecule has 0 saturated heterocycles. The Morgan fingerprint density at radius 1 is 1.18 bits per heavy atom. The van der Waals surface area contributed by atoms with Crippen molar-refractivity contribution in [2.24, 2.45) is 0 Å². The second kappa shape index (κ2) is 7.04. The first-order valence-corrected chi connectivity index (χ1v) is 7.09. The van der Waals surface area contributed by atoms with Crippen LogP contribution in [0.2, 0.25) is 0 Å². The molecule has 1 amide bonds. The molecule has 2 aromatic rings. The van der Waals surface area contributed by atoms with Crippen molar-refractivity contribution in [2.75, 3.05) is 11.9 Å². The molecule has 0 aliphatic rings. The van der Waals surface area contributed by atoms with Crippen molar-refractivity contribution >= 4 is 39.3 Å². The van der Waals surface area contributed by atoms with E-state index in [1.165, 1.54) is 13.0 Å². The van der Waals surface area contributed by atoms with Gasteiger partial charge in [-0.2, -0.15) is 0 Å². The zero-order valence-corrected chi connectivity index (χ0v) is 13.2. The number of ether oxygens (including phenoxy) is 1. The van der Waals surface area contributed by atoms with Gasteiger partial charge in [0.1, 0.15) is 0 Å². The smallest absolute Gasteiger partial charge is 0.374 e. The second-order valence-electron chi connectivity index (χ2n) is 4.33. The fourth-order valence-electron chi connectivity index (χ4n) is 1.71. The quantitative estimate of drug-likeness (QED) is 0.649. The van der Waals surface area contributed by atoms with Crippen molar-refractivity contribution in [3.8, 4) is 0 Å². The maximum atomic E-state index is 11.8. The maximum absolute atomic E-state index is 11.8. The summed E-state index contributed by atoms with van der Waals surface area (Å²) < 4.78 is 10.2. The summed E-state index contributed by atoms with van der Waals surface area (Å²) in [5, 5.41) is 2.53. The molecule has 0 radical (unpaired) electrons. The molecule has 114 valence electrons.